The molecule has 1 rings (SSSR count). The van der Waals surface area contributed by atoms with Crippen molar-refractivity contribution in [3.8, 4) is 0 Å². The fourth-order valence-electron chi connectivity index (χ4n) is 2.11. The average Bonchev–Trinajstić information content (AvgIpc) is 2.33. The first-order valence-electron chi connectivity index (χ1n) is 6.37. The number of nitrogens with zero attached hydrogens (tertiary/aromatic N) is 1. The third-order valence-corrected chi connectivity index (χ3v) is 3.29. The Balaban J connectivity index is 2.96. The summed E-state index contributed by atoms with van der Waals surface area (Å²) in [6.45, 7) is 5.61. The number of Topliss-reactive ketones (excluding diaryl/α,β-unsaturated/α-hetero) is 1. The van der Waals surface area contributed by atoms with E-state index in [2.05, 4.69) is 0 Å². The van der Waals surface area contributed by atoms with Gasteiger partial charge in [-0.1, -0.05) is 32.9 Å². The molecule has 1 N–H and O–H groups in total. The SMILES string of the molecule is CN(C(=O)O)C(CC(=O)c1cccc(F)c1)C(C)(C)C. The summed E-state index contributed by atoms with van der Waals surface area (Å²) in [5, 5.41) is 9.10. The van der Waals surface area contributed by atoms with Crippen LogP contribution < -0.4 is 0 Å². The van der Waals surface area contributed by atoms with Crippen molar-refractivity contribution in [1.82, 2.24) is 4.90 Å². The second kappa shape index (κ2) is 6.03. The summed E-state index contributed by atoms with van der Waals surface area (Å²) in [7, 11) is 1.44. The van der Waals surface area contributed by atoms with Crippen LogP contribution in [0.15, 0.2) is 24.3 Å². The third kappa shape index (κ3) is 4.05. The predicted octanol–water partition coefficient (Wildman–Crippen LogP) is 3.42. The van der Waals surface area contributed by atoms with Crippen molar-refractivity contribution in [2.45, 2.75) is 33.2 Å². The Morgan fingerprint density at radius 3 is 2.40 bits per heavy atom. The summed E-state index contributed by atoms with van der Waals surface area (Å²) in [5.41, 5.74) is -0.131. The minimum atomic E-state index is -1.09. The highest BCUT2D eigenvalue weighted by atomic mass is 19.1. The highest BCUT2D eigenvalue weighted by Gasteiger charge is 2.33. The normalized spacial score (nSPS) is 12.8. The summed E-state index contributed by atoms with van der Waals surface area (Å²) in [6, 6.07) is 4.96. The Hall–Kier alpha value is -1.91. The van der Waals surface area contributed by atoms with Crippen LogP contribution in [0.4, 0.5) is 9.18 Å². The van der Waals surface area contributed by atoms with Gasteiger partial charge in [0.25, 0.3) is 0 Å². The maximum absolute atomic E-state index is 13.1. The molecule has 0 radical (unpaired) electrons. The lowest BCUT2D eigenvalue weighted by Gasteiger charge is -2.36. The number of ketones is 1. The molecule has 110 valence electrons. The highest BCUT2D eigenvalue weighted by Crippen LogP contribution is 2.27. The molecule has 0 aliphatic rings. The van der Waals surface area contributed by atoms with Gasteiger partial charge < -0.3 is 10.0 Å². The van der Waals surface area contributed by atoms with E-state index in [1.165, 1.54) is 31.3 Å². The molecule has 0 aromatic heterocycles. The number of carbonyl (C=O) groups excluding carboxylic acids is 1. The molecule has 0 aliphatic heterocycles. The Bertz CT molecular complexity index is 508. The molecule has 5 heteroatoms. The predicted molar refractivity (Wildman–Crippen MR) is 74.4 cm³/mol. The summed E-state index contributed by atoms with van der Waals surface area (Å²) in [4.78, 5) is 24.4. The molecule has 1 amide bonds. The molecule has 1 aromatic rings. The van der Waals surface area contributed by atoms with E-state index in [0.29, 0.717) is 0 Å². The van der Waals surface area contributed by atoms with Gasteiger partial charge in [0.15, 0.2) is 5.78 Å². The maximum Gasteiger partial charge on any atom is 0.407 e. The van der Waals surface area contributed by atoms with Crippen LogP contribution in [0.1, 0.15) is 37.6 Å². The first kappa shape index (κ1) is 16.1. The molecule has 0 bridgehead atoms. The first-order valence-corrected chi connectivity index (χ1v) is 6.37. The summed E-state index contributed by atoms with van der Waals surface area (Å²) < 4.78 is 13.1. The lowest BCUT2D eigenvalue weighted by molar-refractivity contribution is 0.0770. The monoisotopic (exact) mass is 281 g/mol. The van der Waals surface area contributed by atoms with Crippen molar-refractivity contribution in [2.75, 3.05) is 7.05 Å². The Morgan fingerprint density at radius 2 is 1.95 bits per heavy atom. The van der Waals surface area contributed by atoms with Crippen molar-refractivity contribution in [2.24, 2.45) is 5.41 Å². The van der Waals surface area contributed by atoms with Gasteiger partial charge in [0, 0.05) is 25.1 Å². The third-order valence-electron chi connectivity index (χ3n) is 3.29. The lowest BCUT2D eigenvalue weighted by atomic mass is 9.82. The van der Waals surface area contributed by atoms with Gasteiger partial charge in [-0.2, -0.15) is 0 Å². The van der Waals surface area contributed by atoms with Crippen LogP contribution in [0, 0.1) is 11.2 Å². The van der Waals surface area contributed by atoms with Crippen molar-refractivity contribution in [3.63, 3.8) is 0 Å². The zero-order valence-corrected chi connectivity index (χ0v) is 12.2. The minimum Gasteiger partial charge on any atom is -0.465 e. The number of amides is 1. The molecule has 4 nitrogen and oxygen atoms in total. The van der Waals surface area contributed by atoms with Crippen molar-refractivity contribution in [3.05, 3.63) is 35.6 Å². The molecule has 0 saturated heterocycles. The summed E-state index contributed by atoms with van der Waals surface area (Å²) in [5.74, 6) is -0.743. The van der Waals surface area contributed by atoms with Crippen LogP contribution >= 0.6 is 0 Å². The molecular formula is C15H20FNO3. The van der Waals surface area contributed by atoms with E-state index >= 15 is 0 Å². The quantitative estimate of drug-likeness (QED) is 0.860. The molecule has 0 spiro atoms. The maximum atomic E-state index is 13.1. The smallest absolute Gasteiger partial charge is 0.407 e. The number of carboxylic acid groups (broad SMARTS) is 1. The first-order chi connectivity index (χ1) is 9.12. The summed E-state index contributed by atoms with van der Waals surface area (Å²) in [6.07, 6.45) is -1.06. The topological polar surface area (TPSA) is 57.6 Å². The standard InChI is InChI=1S/C15H20FNO3/c1-15(2,3)13(17(4)14(19)20)9-12(18)10-6-5-7-11(16)8-10/h5-8,13H,9H2,1-4H3,(H,19,20). The van der Waals surface area contributed by atoms with Gasteiger partial charge in [-0.15, -0.1) is 0 Å². The molecular weight excluding hydrogens is 261 g/mol. The van der Waals surface area contributed by atoms with Crippen LogP contribution in [0.25, 0.3) is 0 Å². The van der Waals surface area contributed by atoms with E-state index in [9.17, 15) is 14.0 Å². The molecule has 1 aromatic carbocycles. The Labute approximate surface area is 118 Å². The van der Waals surface area contributed by atoms with Gasteiger partial charge in [0.05, 0.1) is 0 Å². The van der Waals surface area contributed by atoms with Gasteiger partial charge in [0.1, 0.15) is 5.82 Å². The molecule has 0 aliphatic carbocycles. The average molecular weight is 281 g/mol. The van der Waals surface area contributed by atoms with Gasteiger partial charge >= 0.3 is 6.09 Å². The second-order valence-electron chi connectivity index (χ2n) is 5.91. The fraction of sp³-hybridized carbons (Fsp3) is 0.467. The zero-order chi connectivity index (χ0) is 15.5. The van der Waals surface area contributed by atoms with Crippen LogP contribution in [-0.2, 0) is 0 Å². The van der Waals surface area contributed by atoms with Gasteiger partial charge in [-0.05, 0) is 17.5 Å². The Kier molecular flexibility index (Phi) is 4.87. The van der Waals surface area contributed by atoms with Crippen LogP contribution in [0.5, 0.6) is 0 Å². The van der Waals surface area contributed by atoms with E-state index in [-0.39, 0.29) is 17.8 Å². The molecule has 1 atom stereocenters. The van der Waals surface area contributed by atoms with E-state index in [1.807, 2.05) is 20.8 Å². The number of rotatable bonds is 4. The number of hydrogen-bond acceptors (Lipinski definition) is 2. The lowest BCUT2D eigenvalue weighted by Crippen LogP contribution is -2.45. The van der Waals surface area contributed by atoms with Crippen molar-refractivity contribution in [1.29, 1.82) is 0 Å². The van der Waals surface area contributed by atoms with E-state index in [1.54, 1.807) is 0 Å². The van der Waals surface area contributed by atoms with E-state index in [0.717, 1.165) is 4.90 Å². The molecule has 1 unspecified atom stereocenters. The largest absolute Gasteiger partial charge is 0.465 e. The molecule has 0 fully saturated rings. The number of carbonyl (C=O) groups is 2. The van der Waals surface area contributed by atoms with Crippen molar-refractivity contribution < 1.29 is 19.1 Å². The zero-order valence-electron chi connectivity index (χ0n) is 12.2. The van der Waals surface area contributed by atoms with Crippen molar-refractivity contribution >= 4 is 11.9 Å². The van der Waals surface area contributed by atoms with Gasteiger partial charge in [-0.3, -0.25) is 4.79 Å². The number of benzene rings is 1. The highest BCUT2D eigenvalue weighted by molar-refractivity contribution is 5.96. The van der Waals surface area contributed by atoms with Gasteiger partial charge in [0.2, 0.25) is 0 Å². The van der Waals surface area contributed by atoms with Crippen LogP contribution in [-0.4, -0.2) is 35.0 Å². The number of hydrogen-bond donors (Lipinski definition) is 1. The molecule has 20 heavy (non-hydrogen) atoms. The fourth-order valence-corrected chi connectivity index (χ4v) is 2.11. The van der Waals surface area contributed by atoms with Gasteiger partial charge in [-0.25, -0.2) is 9.18 Å². The number of halogens is 1. The minimum absolute atomic E-state index is 0.0236. The summed E-state index contributed by atoms with van der Waals surface area (Å²) >= 11 is 0. The molecule has 0 saturated carbocycles. The Morgan fingerprint density at radius 1 is 1.35 bits per heavy atom. The van der Waals surface area contributed by atoms with Crippen LogP contribution in [0.3, 0.4) is 0 Å². The second-order valence-corrected chi connectivity index (χ2v) is 5.91. The molecule has 0 heterocycles. The van der Waals surface area contributed by atoms with Crippen LogP contribution in [0.2, 0.25) is 0 Å². The van der Waals surface area contributed by atoms with E-state index in [4.69, 9.17) is 5.11 Å². The van der Waals surface area contributed by atoms with E-state index < -0.39 is 23.4 Å².